The van der Waals surface area contributed by atoms with E-state index in [2.05, 4.69) is 21.2 Å². The predicted molar refractivity (Wildman–Crippen MR) is 78.2 cm³/mol. The van der Waals surface area contributed by atoms with Gasteiger partial charge in [-0.15, -0.1) is 0 Å². The molecule has 0 saturated carbocycles. The van der Waals surface area contributed by atoms with Crippen LogP contribution in [0, 0.1) is 6.92 Å². The Labute approximate surface area is 120 Å². The molecular formula is C15H14BrNO2. The number of phenols is 1. The lowest BCUT2D eigenvalue weighted by atomic mass is 10.1. The van der Waals surface area contributed by atoms with Crippen LogP contribution in [0.5, 0.6) is 5.75 Å². The fourth-order valence-electron chi connectivity index (χ4n) is 1.72. The third kappa shape index (κ3) is 3.35. The van der Waals surface area contributed by atoms with Gasteiger partial charge in [-0.2, -0.15) is 0 Å². The number of phenolic OH excluding ortho intramolecular Hbond substituents is 1. The van der Waals surface area contributed by atoms with Crippen LogP contribution in [0.4, 0.5) is 0 Å². The Hall–Kier alpha value is -1.81. The Kier molecular flexibility index (Phi) is 4.22. The number of nitrogens with one attached hydrogen (secondary N) is 1. The summed E-state index contributed by atoms with van der Waals surface area (Å²) in [5, 5.41) is 12.3. The second kappa shape index (κ2) is 5.89. The van der Waals surface area contributed by atoms with Crippen LogP contribution >= 0.6 is 15.9 Å². The molecule has 0 aliphatic rings. The Balaban J connectivity index is 2.05. The van der Waals surface area contributed by atoms with Gasteiger partial charge in [-0.1, -0.05) is 34.1 Å². The number of carbonyl (C=O) groups excluding carboxylic acids is 1. The second-order valence-corrected chi connectivity index (χ2v) is 5.13. The monoisotopic (exact) mass is 319 g/mol. The van der Waals surface area contributed by atoms with Gasteiger partial charge >= 0.3 is 0 Å². The maximum atomic E-state index is 12.0. The van der Waals surface area contributed by atoms with Crippen LogP contribution in [-0.4, -0.2) is 11.0 Å². The summed E-state index contributed by atoms with van der Waals surface area (Å²) in [6.07, 6.45) is 0. The summed E-state index contributed by atoms with van der Waals surface area (Å²) in [5.41, 5.74) is 2.25. The van der Waals surface area contributed by atoms with E-state index in [0.29, 0.717) is 17.7 Å². The van der Waals surface area contributed by atoms with Gasteiger partial charge in [0.25, 0.3) is 5.91 Å². The summed E-state index contributed by atoms with van der Waals surface area (Å²) in [6.45, 7) is 2.22. The predicted octanol–water partition coefficient (Wildman–Crippen LogP) is 3.39. The highest BCUT2D eigenvalue weighted by atomic mass is 79.9. The Morgan fingerprint density at radius 3 is 2.68 bits per heavy atom. The van der Waals surface area contributed by atoms with E-state index >= 15 is 0 Å². The lowest BCUT2D eigenvalue weighted by molar-refractivity contribution is 0.0950. The normalized spacial score (nSPS) is 10.2. The van der Waals surface area contributed by atoms with Gasteiger partial charge in [-0.3, -0.25) is 4.79 Å². The van der Waals surface area contributed by atoms with Crippen LogP contribution in [0.25, 0.3) is 0 Å². The standard InChI is InChI=1S/C15H14BrNO2/c1-10-8-11(6-7-14(10)18)15(19)17-9-12-4-2-3-5-13(12)16/h2-8,18H,9H2,1H3,(H,17,19). The zero-order valence-corrected chi connectivity index (χ0v) is 12.1. The third-order valence-electron chi connectivity index (χ3n) is 2.86. The molecule has 3 nitrogen and oxygen atoms in total. The molecule has 0 aromatic heterocycles. The summed E-state index contributed by atoms with van der Waals surface area (Å²) in [5.74, 6) is 0.0428. The van der Waals surface area contributed by atoms with Crippen molar-refractivity contribution in [3.63, 3.8) is 0 Å². The molecule has 0 aliphatic carbocycles. The van der Waals surface area contributed by atoms with Crippen molar-refractivity contribution in [1.82, 2.24) is 5.32 Å². The minimum Gasteiger partial charge on any atom is -0.508 e. The van der Waals surface area contributed by atoms with Crippen molar-refractivity contribution in [2.24, 2.45) is 0 Å². The molecule has 0 saturated heterocycles. The number of hydrogen-bond acceptors (Lipinski definition) is 2. The maximum Gasteiger partial charge on any atom is 0.251 e. The van der Waals surface area contributed by atoms with E-state index in [4.69, 9.17) is 0 Å². The molecule has 0 spiro atoms. The Morgan fingerprint density at radius 2 is 2.00 bits per heavy atom. The van der Waals surface area contributed by atoms with Crippen molar-refractivity contribution in [2.45, 2.75) is 13.5 Å². The second-order valence-electron chi connectivity index (χ2n) is 4.28. The molecule has 0 bridgehead atoms. The molecule has 0 aliphatic heterocycles. The van der Waals surface area contributed by atoms with Gasteiger partial charge in [0, 0.05) is 16.6 Å². The van der Waals surface area contributed by atoms with E-state index in [0.717, 1.165) is 10.0 Å². The lowest BCUT2D eigenvalue weighted by Crippen LogP contribution is -2.23. The van der Waals surface area contributed by atoms with E-state index in [-0.39, 0.29) is 11.7 Å². The first-order valence-electron chi connectivity index (χ1n) is 5.89. The average Bonchev–Trinajstić information content (AvgIpc) is 2.40. The number of carbonyl (C=O) groups is 1. The third-order valence-corrected chi connectivity index (χ3v) is 3.63. The average molecular weight is 320 g/mol. The van der Waals surface area contributed by atoms with Crippen molar-refractivity contribution in [1.29, 1.82) is 0 Å². The first kappa shape index (κ1) is 13.6. The van der Waals surface area contributed by atoms with E-state index in [1.54, 1.807) is 19.1 Å². The molecule has 2 aromatic carbocycles. The fourth-order valence-corrected chi connectivity index (χ4v) is 2.14. The number of rotatable bonds is 3. The minimum atomic E-state index is -0.154. The first-order chi connectivity index (χ1) is 9.08. The van der Waals surface area contributed by atoms with Crippen LogP contribution in [-0.2, 0) is 6.54 Å². The van der Waals surface area contributed by atoms with Gasteiger partial charge in [0.2, 0.25) is 0 Å². The fraction of sp³-hybridized carbons (Fsp3) is 0.133. The van der Waals surface area contributed by atoms with Crippen molar-refractivity contribution in [3.8, 4) is 5.75 Å². The molecule has 1 amide bonds. The molecule has 0 atom stereocenters. The highest BCUT2D eigenvalue weighted by molar-refractivity contribution is 9.10. The Bertz CT molecular complexity index is 611. The number of benzene rings is 2. The molecule has 2 N–H and O–H groups in total. The molecule has 0 heterocycles. The molecule has 0 fully saturated rings. The van der Waals surface area contributed by atoms with Gasteiger partial charge in [0.1, 0.15) is 5.75 Å². The van der Waals surface area contributed by atoms with Crippen molar-refractivity contribution in [2.75, 3.05) is 0 Å². The summed E-state index contributed by atoms with van der Waals surface area (Å²) in [6, 6.07) is 12.6. The Morgan fingerprint density at radius 1 is 1.26 bits per heavy atom. The number of amides is 1. The van der Waals surface area contributed by atoms with Crippen molar-refractivity contribution < 1.29 is 9.90 Å². The number of hydrogen-bond donors (Lipinski definition) is 2. The summed E-state index contributed by atoms with van der Waals surface area (Å²) in [7, 11) is 0. The molecule has 4 heteroatoms. The smallest absolute Gasteiger partial charge is 0.251 e. The zero-order valence-electron chi connectivity index (χ0n) is 10.5. The van der Waals surface area contributed by atoms with Crippen LogP contribution in [0.15, 0.2) is 46.9 Å². The van der Waals surface area contributed by atoms with E-state index in [1.165, 1.54) is 6.07 Å². The van der Waals surface area contributed by atoms with Crippen LogP contribution in [0.3, 0.4) is 0 Å². The van der Waals surface area contributed by atoms with E-state index in [1.807, 2.05) is 24.3 Å². The van der Waals surface area contributed by atoms with Crippen LogP contribution in [0.2, 0.25) is 0 Å². The highest BCUT2D eigenvalue weighted by Gasteiger charge is 2.08. The summed E-state index contributed by atoms with van der Waals surface area (Å²) >= 11 is 3.44. The van der Waals surface area contributed by atoms with Crippen LogP contribution < -0.4 is 5.32 Å². The quantitative estimate of drug-likeness (QED) is 0.911. The largest absolute Gasteiger partial charge is 0.508 e. The van der Waals surface area contributed by atoms with Gasteiger partial charge in [0.05, 0.1) is 0 Å². The van der Waals surface area contributed by atoms with Crippen molar-refractivity contribution in [3.05, 3.63) is 63.6 Å². The van der Waals surface area contributed by atoms with E-state index < -0.39 is 0 Å². The highest BCUT2D eigenvalue weighted by Crippen LogP contribution is 2.18. The summed E-state index contributed by atoms with van der Waals surface area (Å²) < 4.78 is 0.970. The van der Waals surface area contributed by atoms with Gasteiger partial charge in [0.15, 0.2) is 0 Å². The molecule has 2 aromatic rings. The van der Waals surface area contributed by atoms with Crippen LogP contribution in [0.1, 0.15) is 21.5 Å². The number of aryl methyl sites for hydroxylation is 1. The molecular weight excluding hydrogens is 306 g/mol. The minimum absolute atomic E-state index is 0.154. The number of aromatic hydroxyl groups is 1. The van der Waals surface area contributed by atoms with Crippen molar-refractivity contribution >= 4 is 21.8 Å². The first-order valence-corrected chi connectivity index (χ1v) is 6.68. The molecule has 0 unspecified atom stereocenters. The molecule has 2 rings (SSSR count). The van der Waals surface area contributed by atoms with Gasteiger partial charge in [-0.25, -0.2) is 0 Å². The zero-order chi connectivity index (χ0) is 13.8. The molecule has 19 heavy (non-hydrogen) atoms. The van der Waals surface area contributed by atoms with E-state index in [9.17, 15) is 9.90 Å². The SMILES string of the molecule is Cc1cc(C(=O)NCc2ccccc2Br)ccc1O. The topological polar surface area (TPSA) is 49.3 Å². The molecule has 98 valence electrons. The van der Waals surface area contributed by atoms with Gasteiger partial charge < -0.3 is 10.4 Å². The lowest BCUT2D eigenvalue weighted by Gasteiger charge is -2.08. The number of halogens is 1. The molecule has 0 radical (unpaired) electrons. The summed E-state index contributed by atoms with van der Waals surface area (Å²) in [4.78, 5) is 12.0. The maximum absolute atomic E-state index is 12.0. The van der Waals surface area contributed by atoms with Gasteiger partial charge in [-0.05, 0) is 42.3 Å².